The Labute approximate surface area is 117 Å². The minimum Gasteiger partial charge on any atom is -0.364 e. The molecule has 4 nitrogen and oxygen atoms in total. The molecule has 1 heterocycles. The number of carbonyl (C=O) groups excluding carboxylic acids is 2. The highest BCUT2D eigenvalue weighted by Gasteiger charge is 2.36. The van der Waals surface area contributed by atoms with Crippen LogP contribution in [0.1, 0.15) is 26.7 Å². The van der Waals surface area contributed by atoms with Crippen molar-refractivity contribution in [1.29, 1.82) is 0 Å². The molecule has 0 spiro atoms. The van der Waals surface area contributed by atoms with Gasteiger partial charge in [0.2, 0.25) is 11.8 Å². The van der Waals surface area contributed by atoms with Crippen LogP contribution in [-0.2, 0) is 9.59 Å². The largest absolute Gasteiger partial charge is 0.364 e. The van der Waals surface area contributed by atoms with Gasteiger partial charge in [0.15, 0.2) is 0 Å². The fraction of sp³-hybridized carbons (Fsp3) is 0.429. The van der Waals surface area contributed by atoms with Gasteiger partial charge >= 0.3 is 0 Å². The molecule has 1 N–H and O–H groups in total. The van der Waals surface area contributed by atoms with Gasteiger partial charge in [-0.3, -0.25) is 14.5 Å². The lowest BCUT2D eigenvalue weighted by molar-refractivity contribution is -0.141. The van der Waals surface area contributed by atoms with Crippen molar-refractivity contribution in [3.63, 3.8) is 0 Å². The van der Waals surface area contributed by atoms with Crippen LogP contribution in [0.5, 0.6) is 0 Å². The van der Waals surface area contributed by atoms with Crippen LogP contribution in [0.3, 0.4) is 0 Å². The van der Waals surface area contributed by atoms with Crippen molar-refractivity contribution in [1.82, 2.24) is 4.90 Å². The van der Waals surface area contributed by atoms with E-state index in [9.17, 15) is 9.59 Å². The number of nitrogens with one attached hydrogen (secondary N) is 1. The average molecular weight is 281 g/mol. The Bertz CT molecular complexity index is 486. The summed E-state index contributed by atoms with van der Waals surface area (Å²) in [4.78, 5) is 25.0. The van der Waals surface area contributed by atoms with Crippen molar-refractivity contribution < 1.29 is 9.59 Å². The Morgan fingerprint density at radius 3 is 2.37 bits per heavy atom. The van der Waals surface area contributed by atoms with E-state index in [1.165, 1.54) is 4.90 Å². The summed E-state index contributed by atoms with van der Waals surface area (Å²) in [5, 5.41) is 3.84. The number of anilines is 1. The highest BCUT2D eigenvalue weighted by atomic mass is 35.5. The summed E-state index contributed by atoms with van der Waals surface area (Å²) >= 11 is 5.94. The number of amides is 2. The first-order valence-electron chi connectivity index (χ1n) is 6.36. The molecule has 1 aromatic rings. The van der Waals surface area contributed by atoms with Crippen molar-refractivity contribution in [3.8, 4) is 0 Å². The molecule has 1 fully saturated rings. The summed E-state index contributed by atoms with van der Waals surface area (Å²) in [5.41, 5.74) is 0.804. The topological polar surface area (TPSA) is 49.4 Å². The zero-order valence-electron chi connectivity index (χ0n) is 11.0. The second-order valence-electron chi connectivity index (χ2n) is 5.00. The summed E-state index contributed by atoms with van der Waals surface area (Å²) in [6, 6.07) is 7.26. The van der Waals surface area contributed by atoms with Crippen molar-refractivity contribution in [2.24, 2.45) is 5.92 Å². The number of imide groups is 1. The van der Waals surface area contributed by atoms with Gasteiger partial charge in [-0.2, -0.15) is 0 Å². The van der Waals surface area contributed by atoms with Gasteiger partial charge in [-0.15, -0.1) is 0 Å². The molecular formula is C14H17ClN2O2. The third-order valence-electron chi connectivity index (χ3n) is 3.14. The van der Waals surface area contributed by atoms with E-state index in [1.807, 2.05) is 26.0 Å². The highest BCUT2D eigenvalue weighted by molar-refractivity contribution is 6.30. The highest BCUT2D eigenvalue weighted by Crippen LogP contribution is 2.23. The Morgan fingerprint density at radius 1 is 1.21 bits per heavy atom. The quantitative estimate of drug-likeness (QED) is 0.863. The molecule has 102 valence electrons. The maximum atomic E-state index is 11.8. The number of hydrogen-bond donors (Lipinski definition) is 1. The summed E-state index contributed by atoms with van der Waals surface area (Å²) in [7, 11) is 0. The lowest BCUT2D eigenvalue weighted by atomic mass is 10.1. The van der Waals surface area contributed by atoms with E-state index in [0.29, 0.717) is 17.9 Å². The number of hydrogen-bond acceptors (Lipinski definition) is 3. The smallest absolute Gasteiger partial charge is 0.231 e. The summed E-state index contributed by atoms with van der Waals surface area (Å²) in [5.74, 6) is -0.110. The second kappa shape index (κ2) is 5.61. The molecule has 2 rings (SSSR count). The van der Waals surface area contributed by atoms with Crippen LogP contribution >= 0.6 is 11.6 Å². The number of benzene rings is 1. The van der Waals surface area contributed by atoms with Crippen LogP contribution < -0.4 is 5.32 Å². The third-order valence-corrected chi connectivity index (χ3v) is 3.37. The van der Waals surface area contributed by atoms with Gasteiger partial charge in [0.25, 0.3) is 0 Å². The lowest BCUT2D eigenvalue weighted by Gasteiger charge is -2.31. The van der Waals surface area contributed by atoms with Crippen molar-refractivity contribution in [2.45, 2.75) is 32.9 Å². The summed E-state index contributed by atoms with van der Waals surface area (Å²) in [6.07, 6.45) is 0.277. The number of rotatable bonds is 4. The first-order valence-corrected chi connectivity index (χ1v) is 6.74. The molecule has 1 unspecified atom stereocenters. The zero-order chi connectivity index (χ0) is 14.0. The van der Waals surface area contributed by atoms with Gasteiger partial charge in [-0.05, 0) is 24.1 Å². The van der Waals surface area contributed by atoms with Crippen LogP contribution in [0.25, 0.3) is 0 Å². The molecule has 1 atom stereocenters. The Morgan fingerprint density at radius 2 is 1.84 bits per heavy atom. The molecule has 0 aromatic heterocycles. The third kappa shape index (κ3) is 3.07. The predicted molar refractivity (Wildman–Crippen MR) is 74.8 cm³/mol. The monoisotopic (exact) mass is 280 g/mol. The molecule has 5 heteroatoms. The normalized spacial score (nSPS) is 17.2. The Hall–Kier alpha value is -1.55. The van der Waals surface area contributed by atoms with Crippen LogP contribution in [0.4, 0.5) is 5.69 Å². The SMILES string of the molecule is CC(C)C(Nc1cccc(Cl)c1)N1C(=O)CCC1=O. The van der Waals surface area contributed by atoms with Crippen LogP contribution in [0, 0.1) is 5.92 Å². The van der Waals surface area contributed by atoms with E-state index in [0.717, 1.165) is 5.69 Å². The maximum absolute atomic E-state index is 11.8. The van der Waals surface area contributed by atoms with Crippen molar-refractivity contribution >= 4 is 29.1 Å². The number of halogens is 1. The van der Waals surface area contributed by atoms with Gasteiger partial charge in [-0.25, -0.2) is 0 Å². The molecule has 0 aliphatic carbocycles. The summed E-state index contributed by atoms with van der Waals surface area (Å²) < 4.78 is 0. The van der Waals surface area contributed by atoms with Crippen molar-refractivity contribution in [2.75, 3.05) is 5.32 Å². The zero-order valence-corrected chi connectivity index (χ0v) is 11.8. The van der Waals surface area contributed by atoms with Gasteiger partial charge < -0.3 is 5.32 Å². The van der Waals surface area contributed by atoms with Crippen LogP contribution in [-0.4, -0.2) is 22.9 Å². The first-order chi connectivity index (χ1) is 8.99. The van der Waals surface area contributed by atoms with E-state index in [-0.39, 0.29) is 23.9 Å². The molecule has 0 saturated carbocycles. The molecule has 19 heavy (non-hydrogen) atoms. The second-order valence-corrected chi connectivity index (χ2v) is 5.44. The minimum absolute atomic E-state index is 0.113. The number of likely N-dealkylation sites (tertiary alicyclic amines) is 1. The Kier molecular flexibility index (Phi) is 4.10. The maximum Gasteiger partial charge on any atom is 0.231 e. The van der Waals surface area contributed by atoms with Gasteiger partial charge in [0.1, 0.15) is 6.17 Å². The minimum atomic E-state index is -0.332. The standard InChI is InChI=1S/C14H17ClN2O2/c1-9(2)14(17-12(18)6-7-13(17)19)16-11-5-3-4-10(15)8-11/h3-5,8-9,14,16H,6-7H2,1-2H3. The number of carbonyl (C=O) groups is 2. The fourth-order valence-electron chi connectivity index (χ4n) is 2.18. The molecule has 1 aliphatic heterocycles. The molecule has 0 radical (unpaired) electrons. The molecule has 1 aromatic carbocycles. The Balaban J connectivity index is 2.21. The number of nitrogens with zero attached hydrogens (tertiary/aromatic N) is 1. The van der Waals surface area contributed by atoms with Gasteiger partial charge in [0.05, 0.1) is 0 Å². The molecular weight excluding hydrogens is 264 g/mol. The molecule has 0 bridgehead atoms. The predicted octanol–water partition coefficient (Wildman–Crippen LogP) is 2.88. The van der Waals surface area contributed by atoms with E-state index >= 15 is 0 Å². The van der Waals surface area contributed by atoms with Crippen LogP contribution in [0.15, 0.2) is 24.3 Å². The van der Waals surface area contributed by atoms with Crippen LogP contribution in [0.2, 0.25) is 5.02 Å². The molecule has 2 amide bonds. The first kappa shape index (κ1) is 13.9. The fourth-order valence-corrected chi connectivity index (χ4v) is 2.37. The van der Waals surface area contributed by atoms with E-state index in [1.54, 1.807) is 12.1 Å². The van der Waals surface area contributed by atoms with E-state index < -0.39 is 0 Å². The lowest BCUT2D eigenvalue weighted by Crippen LogP contribution is -2.47. The van der Waals surface area contributed by atoms with Gasteiger partial charge in [0, 0.05) is 23.6 Å². The van der Waals surface area contributed by atoms with E-state index in [2.05, 4.69) is 5.32 Å². The van der Waals surface area contributed by atoms with Gasteiger partial charge in [-0.1, -0.05) is 31.5 Å². The summed E-state index contributed by atoms with van der Waals surface area (Å²) in [6.45, 7) is 3.95. The van der Waals surface area contributed by atoms with E-state index in [4.69, 9.17) is 11.6 Å². The average Bonchev–Trinajstić information content (AvgIpc) is 2.66. The molecule has 1 aliphatic rings. The van der Waals surface area contributed by atoms with Crippen molar-refractivity contribution in [3.05, 3.63) is 29.3 Å². The molecule has 1 saturated heterocycles.